The third kappa shape index (κ3) is 6.72. The van der Waals surface area contributed by atoms with E-state index < -0.39 is 0 Å². The van der Waals surface area contributed by atoms with Crippen LogP contribution in [0.2, 0.25) is 0 Å². The average Bonchev–Trinajstić information content (AvgIpc) is 2.52. The lowest BCUT2D eigenvalue weighted by molar-refractivity contribution is 0.0983. The van der Waals surface area contributed by atoms with Crippen LogP contribution in [0.5, 0.6) is 0 Å². The molecule has 0 saturated heterocycles. The molecule has 2 N–H and O–H groups in total. The number of rotatable bonds is 9. The van der Waals surface area contributed by atoms with E-state index in [4.69, 9.17) is 0 Å². The molecule has 2 amide bonds. The predicted molar refractivity (Wildman–Crippen MR) is 89.3 cm³/mol. The molecule has 0 aromatic heterocycles. The highest BCUT2D eigenvalue weighted by Crippen LogP contribution is 2.05. The number of likely N-dealkylation sites (N-methyl/N-ethyl adjacent to an activating group) is 1. The van der Waals surface area contributed by atoms with Crippen LogP contribution < -0.4 is 10.6 Å². The normalized spacial score (nSPS) is 10.5. The molecular formula is C17H27N3O2. The number of amides is 2. The first-order valence-corrected chi connectivity index (χ1v) is 7.90. The minimum absolute atomic E-state index is 0.0449. The van der Waals surface area contributed by atoms with E-state index in [1.165, 1.54) is 0 Å². The van der Waals surface area contributed by atoms with Gasteiger partial charge in [-0.1, -0.05) is 43.7 Å². The topological polar surface area (TPSA) is 61.4 Å². The van der Waals surface area contributed by atoms with Gasteiger partial charge in [-0.05, 0) is 20.0 Å². The smallest absolute Gasteiger partial charge is 0.314 e. The summed E-state index contributed by atoms with van der Waals surface area (Å²) in [7, 11) is 0. The van der Waals surface area contributed by atoms with E-state index in [0.29, 0.717) is 25.1 Å². The molecule has 0 aliphatic carbocycles. The summed E-state index contributed by atoms with van der Waals surface area (Å²) in [5.74, 6) is 0.0449. The molecule has 1 aromatic carbocycles. The van der Waals surface area contributed by atoms with E-state index in [2.05, 4.69) is 29.4 Å². The van der Waals surface area contributed by atoms with Crippen LogP contribution in [0.15, 0.2) is 24.3 Å². The maximum absolute atomic E-state index is 11.9. The van der Waals surface area contributed by atoms with Gasteiger partial charge in [-0.25, -0.2) is 4.79 Å². The highest BCUT2D eigenvalue weighted by Gasteiger charge is 2.07. The zero-order chi connectivity index (χ0) is 16.4. The number of aryl methyl sites for hydroxylation is 1. The fourth-order valence-corrected chi connectivity index (χ4v) is 2.10. The van der Waals surface area contributed by atoms with Gasteiger partial charge in [0.25, 0.3) is 0 Å². The first-order chi connectivity index (χ1) is 10.6. The summed E-state index contributed by atoms with van der Waals surface area (Å²) in [5, 5.41) is 5.51. The Labute approximate surface area is 133 Å². The molecule has 0 heterocycles. The van der Waals surface area contributed by atoms with Crippen molar-refractivity contribution >= 4 is 11.8 Å². The van der Waals surface area contributed by atoms with Gasteiger partial charge in [0.2, 0.25) is 0 Å². The van der Waals surface area contributed by atoms with E-state index in [9.17, 15) is 9.59 Å². The van der Waals surface area contributed by atoms with Gasteiger partial charge in [0.1, 0.15) is 0 Å². The summed E-state index contributed by atoms with van der Waals surface area (Å²) >= 11 is 0. The van der Waals surface area contributed by atoms with Gasteiger partial charge < -0.3 is 15.5 Å². The molecule has 0 spiro atoms. The van der Waals surface area contributed by atoms with E-state index in [-0.39, 0.29) is 11.8 Å². The minimum atomic E-state index is -0.219. The molecule has 0 fully saturated rings. The number of hydrogen-bond acceptors (Lipinski definition) is 3. The molecule has 1 aromatic rings. The zero-order valence-corrected chi connectivity index (χ0v) is 13.8. The van der Waals surface area contributed by atoms with Crippen LogP contribution in [0.1, 0.15) is 36.2 Å². The number of benzene rings is 1. The summed E-state index contributed by atoms with van der Waals surface area (Å²) in [5.41, 5.74) is 1.82. The molecule has 5 heteroatoms. The monoisotopic (exact) mass is 305 g/mol. The largest absolute Gasteiger partial charge is 0.338 e. The molecule has 0 radical (unpaired) electrons. The lowest BCUT2D eigenvalue weighted by Gasteiger charge is -2.18. The van der Waals surface area contributed by atoms with Gasteiger partial charge in [-0.3, -0.25) is 4.79 Å². The van der Waals surface area contributed by atoms with E-state index >= 15 is 0 Å². The van der Waals surface area contributed by atoms with Crippen LogP contribution in [0.25, 0.3) is 0 Å². The van der Waals surface area contributed by atoms with Gasteiger partial charge in [0, 0.05) is 31.6 Å². The summed E-state index contributed by atoms with van der Waals surface area (Å²) < 4.78 is 0. The Hall–Kier alpha value is -1.88. The lowest BCUT2D eigenvalue weighted by atomic mass is 10.1. The average molecular weight is 305 g/mol. The number of Topliss-reactive ketones (excluding diaryl/α,β-unsaturated/α-hetero) is 1. The number of nitrogens with zero attached hydrogens (tertiary/aromatic N) is 1. The molecule has 122 valence electrons. The van der Waals surface area contributed by atoms with E-state index in [0.717, 1.165) is 25.2 Å². The Bertz CT molecular complexity index is 467. The Kier molecular flexibility index (Phi) is 8.22. The molecule has 1 rings (SSSR count). The Balaban J connectivity index is 2.19. The van der Waals surface area contributed by atoms with Crippen molar-refractivity contribution in [3.63, 3.8) is 0 Å². The number of hydrogen-bond donors (Lipinski definition) is 2. The van der Waals surface area contributed by atoms with Crippen molar-refractivity contribution in [1.29, 1.82) is 0 Å². The molecule has 0 atom stereocenters. The minimum Gasteiger partial charge on any atom is -0.338 e. The molecule has 0 aliphatic rings. The first-order valence-electron chi connectivity index (χ1n) is 7.90. The Morgan fingerprint density at radius 1 is 1.00 bits per heavy atom. The quantitative estimate of drug-likeness (QED) is 0.688. The van der Waals surface area contributed by atoms with Crippen molar-refractivity contribution in [2.45, 2.75) is 27.2 Å². The second kappa shape index (κ2) is 9.95. The molecule has 0 saturated carbocycles. The van der Waals surface area contributed by atoms with Crippen molar-refractivity contribution in [3.05, 3.63) is 35.4 Å². The van der Waals surface area contributed by atoms with Crippen LogP contribution >= 0.6 is 0 Å². The van der Waals surface area contributed by atoms with Crippen molar-refractivity contribution < 1.29 is 9.59 Å². The Morgan fingerprint density at radius 3 is 2.18 bits per heavy atom. The lowest BCUT2D eigenvalue weighted by Crippen LogP contribution is -2.41. The van der Waals surface area contributed by atoms with Crippen LogP contribution in [-0.2, 0) is 0 Å². The fourth-order valence-electron chi connectivity index (χ4n) is 2.10. The summed E-state index contributed by atoms with van der Waals surface area (Å²) in [6, 6.07) is 7.26. The fraction of sp³-hybridized carbons (Fsp3) is 0.529. The van der Waals surface area contributed by atoms with Crippen LogP contribution in [0, 0.1) is 6.92 Å². The molecule has 0 aliphatic heterocycles. The SMILES string of the molecule is CCN(CC)CCNC(=O)NCCC(=O)c1ccc(C)cc1. The third-order valence-electron chi connectivity index (χ3n) is 3.62. The van der Waals surface area contributed by atoms with Crippen LogP contribution in [-0.4, -0.2) is 49.4 Å². The molecule has 5 nitrogen and oxygen atoms in total. The zero-order valence-electron chi connectivity index (χ0n) is 13.8. The highest BCUT2D eigenvalue weighted by molar-refractivity contribution is 5.96. The highest BCUT2D eigenvalue weighted by atomic mass is 16.2. The second-order valence-corrected chi connectivity index (χ2v) is 5.25. The van der Waals surface area contributed by atoms with Gasteiger partial charge in [0.05, 0.1) is 0 Å². The van der Waals surface area contributed by atoms with Gasteiger partial charge in [0.15, 0.2) is 5.78 Å². The van der Waals surface area contributed by atoms with Crippen molar-refractivity contribution in [2.24, 2.45) is 0 Å². The Morgan fingerprint density at radius 2 is 1.59 bits per heavy atom. The summed E-state index contributed by atoms with van der Waals surface area (Å²) in [6.45, 7) is 9.93. The maximum Gasteiger partial charge on any atom is 0.314 e. The third-order valence-corrected chi connectivity index (χ3v) is 3.62. The van der Waals surface area contributed by atoms with Crippen molar-refractivity contribution in [1.82, 2.24) is 15.5 Å². The van der Waals surface area contributed by atoms with E-state index in [1.807, 2.05) is 31.2 Å². The summed E-state index contributed by atoms with van der Waals surface area (Å²) in [6.07, 6.45) is 0.312. The molecule has 22 heavy (non-hydrogen) atoms. The van der Waals surface area contributed by atoms with Gasteiger partial charge >= 0.3 is 6.03 Å². The summed E-state index contributed by atoms with van der Waals surface area (Å²) in [4.78, 5) is 25.8. The number of ketones is 1. The number of carbonyl (C=O) groups is 2. The van der Waals surface area contributed by atoms with Crippen LogP contribution in [0.3, 0.4) is 0 Å². The molecule has 0 unspecified atom stereocenters. The standard InChI is InChI=1S/C17H27N3O2/c1-4-20(5-2)13-12-19-17(22)18-11-10-16(21)15-8-6-14(3)7-9-15/h6-9H,4-5,10-13H2,1-3H3,(H2,18,19,22). The van der Waals surface area contributed by atoms with Crippen LogP contribution in [0.4, 0.5) is 4.79 Å². The maximum atomic E-state index is 11.9. The first kappa shape index (κ1) is 18.2. The van der Waals surface area contributed by atoms with Gasteiger partial charge in [-0.15, -0.1) is 0 Å². The molecule has 0 bridgehead atoms. The predicted octanol–water partition coefficient (Wildman–Crippen LogP) is 2.21. The number of carbonyl (C=O) groups excluding carboxylic acids is 2. The molecular weight excluding hydrogens is 278 g/mol. The van der Waals surface area contributed by atoms with Gasteiger partial charge in [-0.2, -0.15) is 0 Å². The number of urea groups is 1. The second-order valence-electron chi connectivity index (χ2n) is 5.25. The number of nitrogens with one attached hydrogen (secondary N) is 2. The van der Waals surface area contributed by atoms with E-state index in [1.54, 1.807) is 0 Å². The van der Waals surface area contributed by atoms with Crippen molar-refractivity contribution in [2.75, 3.05) is 32.7 Å². The van der Waals surface area contributed by atoms with Crippen molar-refractivity contribution in [3.8, 4) is 0 Å².